The van der Waals surface area contributed by atoms with Crippen molar-refractivity contribution < 1.29 is 27.6 Å². The van der Waals surface area contributed by atoms with Crippen molar-refractivity contribution >= 4 is 46.4 Å². The molecule has 1 aromatic heterocycles. The second-order valence-electron chi connectivity index (χ2n) is 10.5. The van der Waals surface area contributed by atoms with Crippen LogP contribution in [0, 0.1) is 11.6 Å². The number of fused-ring (bicyclic) bond motifs is 1. The summed E-state index contributed by atoms with van der Waals surface area (Å²) in [4.78, 5) is 25.0. The fourth-order valence-electron chi connectivity index (χ4n) is 4.87. The average molecular weight is 618 g/mol. The predicted octanol–water partition coefficient (Wildman–Crippen LogP) is 4.43. The Balaban J connectivity index is 1.38. The van der Waals surface area contributed by atoms with E-state index >= 15 is 8.78 Å². The molecule has 0 saturated carbocycles. The van der Waals surface area contributed by atoms with Crippen LogP contribution in [0.2, 0.25) is 0 Å². The maximum absolute atomic E-state index is 15.3. The van der Waals surface area contributed by atoms with E-state index in [0.29, 0.717) is 55.1 Å². The number of anilines is 2. The lowest BCUT2D eigenvalue weighted by Crippen LogP contribution is -2.41. The van der Waals surface area contributed by atoms with Crippen molar-refractivity contribution in [2.75, 3.05) is 59.2 Å². The molecule has 5 rings (SSSR count). The second-order valence-corrected chi connectivity index (χ2v) is 10.5. The highest BCUT2D eigenvalue weighted by molar-refractivity contribution is 5.99. The summed E-state index contributed by atoms with van der Waals surface area (Å²) in [5.74, 6) is -0.736. The zero-order valence-electron chi connectivity index (χ0n) is 25.6. The first-order valence-electron chi connectivity index (χ1n) is 14.4. The summed E-state index contributed by atoms with van der Waals surface area (Å²) >= 11 is 0. The van der Waals surface area contributed by atoms with Crippen molar-refractivity contribution in [1.29, 1.82) is 0 Å². The molecule has 0 aliphatic carbocycles. The fourth-order valence-corrected chi connectivity index (χ4v) is 4.87. The summed E-state index contributed by atoms with van der Waals surface area (Å²) in [6.45, 7) is 4.37. The topological polar surface area (TPSA) is 98.4 Å². The van der Waals surface area contributed by atoms with Gasteiger partial charge in [0.1, 0.15) is 17.9 Å². The third kappa shape index (κ3) is 7.32. The molecule has 2 aromatic carbocycles. The largest absolute Gasteiger partial charge is 0.490 e. The van der Waals surface area contributed by atoms with Crippen molar-refractivity contribution in [3.05, 3.63) is 78.5 Å². The van der Waals surface area contributed by atoms with Crippen molar-refractivity contribution in [3.63, 3.8) is 0 Å². The monoisotopic (exact) mass is 617 g/mol. The van der Waals surface area contributed by atoms with Crippen LogP contribution >= 0.6 is 0 Å². The Kier molecular flexibility index (Phi) is 9.78. The average Bonchev–Trinajstić information content (AvgIpc) is 3.04. The summed E-state index contributed by atoms with van der Waals surface area (Å²) in [6, 6.07) is 5.69. The lowest BCUT2D eigenvalue weighted by Gasteiger charge is -2.22. The molecule has 11 nitrogen and oxygen atoms in total. The molecule has 0 spiro atoms. The Labute approximate surface area is 260 Å². The Morgan fingerprint density at radius 1 is 1.20 bits per heavy atom. The first kappa shape index (κ1) is 31.3. The van der Waals surface area contributed by atoms with Crippen LogP contribution in [0.25, 0.3) is 10.9 Å². The minimum absolute atomic E-state index is 0.0518. The molecule has 0 unspecified atom stereocenters. The predicted molar refractivity (Wildman–Crippen MR) is 170 cm³/mol. The molecule has 13 heteroatoms. The number of allylic oxidation sites excluding steroid dienone is 1. The van der Waals surface area contributed by atoms with Gasteiger partial charge in [0.15, 0.2) is 30.1 Å². The van der Waals surface area contributed by atoms with Crippen LogP contribution in [0.1, 0.15) is 6.92 Å². The van der Waals surface area contributed by atoms with E-state index in [9.17, 15) is 4.79 Å². The standard InChI is InChI=1S/C32H35F2N8O3/c1-5-37-42-13-10-22(11-14-42)45-28-20-23(33)26(19-24(28)34)38-32-30-25(35-21-36-32)8-9-27(31(30)44-4)40-15-17-41(18-16-40)29(43)7-6-12-39(2)3/h5-11,13,15,19-21H,12,14,16-18H2,1-4H3,(H,35,36,38)/q+1/b7-6+,37-5-. The van der Waals surface area contributed by atoms with Crippen LogP contribution in [-0.4, -0.2) is 102 Å². The molecule has 1 N–H and O–H groups in total. The number of rotatable bonds is 10. The molecule has 2 aliphatic rings. The second kappa shape index (κ2) is 14.1. The minimum Gasteiger partial charge on any atom is -0.490 e. The number of hydrogen-bond donors (Lipinski definition) is 1. The highest BCUT2D eigenvalue weighted by atomic mass is 19.1. The molecule has 45 heavy (non-hydrogen) atoms. The Morgan fingerprint density at radius 2 is 2.04 bits per heavy atom. The van der Waals surface area contributed by atoms with E-state index in [1.165, 1.54) is 13.4 Å². The van der Waals surface area contributed by atoms with E-state index in [1.54, 1.807) is 47.5 Å². The first-order valence-corrected chi connectivity index (χ1v) is 14.4. The normalized spacial score (nSPS) is 15.3. The zero-order valence-corrected chi connectivity index (χ0v) is 25.6. The first-order chi connectivity index (χ1) is 21.8. The van der Waals surface area contributed by atoms with Crippen LogP contribution in [0.4, 0.5) is 26.0 Å². The number of ether oxygens (including phenoxy) is 2. The summed E-state index contributed by atoms with van der Waals surface area (Å²) in [7, 11) is 5.41. The van der Waals surface area contributed by atoms with E-state index in [4.69, 9.17) is 9.47 Å². The third-order valence-corrected chi connectivity index (χ3v) is 7.08. The molecular formula is C32H35F2N8O3+. The van der Waals surface area contributed by atoms with E-state index in [2.05, 4.69) is 20.4 Å². The maximum Gasteiger partial charge on any atom is 0.248 e. The Bertz CT molecular complexity index is 1740. The van der Waals surface area contributed by atoms with Crippen LogP contribution in [0.15, 0.2) is 72.0 Å². The van der Waals surface area contributed by atoms with Gasteiger partial charge < -0.3 is 24.6 Å². The van der Waals surface area contributed by atoms with Gasteiger partial charge in [0.05, 0.1) is 43.3 Å². The number of hydrazone groups is 1. The number of halogens is 2. The van der Waals surface area contributed by atoms with Gasteiger partial charge in [0, 0.05) is 43.2 Å². The summed E-state index contributed by atoms with van der Waals surface area (Å²) < 4.78 is 43.9. The fraction of sp³-hybridized carbons (Fsp3) is 0.281. The lowest BCUT2D eigenvalue weighted by atomic mass is 10.1. The summed E-state index contributed by atoms with van der Waals surface area (Å²) in [5, 5.41) is 9.22. The van der Waals surface area contributed by atoms with Crippen molar-refractivity contribution in [2.24, 2.45) is 5.10 Å². The van der Waals surface area contributed by atoms with Gasteiger partial charge in [-0.2, -0.15) is 9.68 Å². The number of nitrogens with one attached hydrogen (secondary N) is 1. The van der Waals surface area contributed by atoms with Gasteiger partial charge in [-0.3, -0.25) is 9.80 Å². The molecule has 0 atom stereocenters. The van der Waals surface area contributed by atoms with E-state index in [0.717, 1.165) is 17.8 Å². The summed E-state index contributed by atoms with van der Waals surface area (Å²) in [6.07, 6.45) is 13.4. The molecule has 0 fully saturated rings. The number of aromatic nitrogens is 2. The van der Waals surface area contributed by atoms with Crippen LogP contribution in [0.3, 0.4) is 0 Å². The number of carbonyl (C=O) groups is 1. The number of nitrogens with zero attached hydrogens (tertiary/aromatic N) is 7. The van der Waals surface area contributed by atoms with Crippen molar-refractivity contribution in [3.8, 4) is 11.5 Å². The van der Waals surface area contributed by atoms with Crippen LogP contribution in [0.5, 0.6) is 11.5 Å². The van der Waals surface area contributed by atoms with Crippen LogP contribution in [-0.2, 0) is 4.79 Å². The molecule has 234 valence electrons. The molecule has 0 bridgehead atoms. The quantitative estimate of drug-likeness (QED) is 0.203. The van der Waals surface area contributed by atoms with Crippen molar-refractivity contribution in [1.82, 2.24) is 24.8 Å². The smallest absolute Gasteiger partial charge is 0.248 e. The molecular weight excluding hydrogens is 582 g/mol. The Morgan fingerprint density at radius 3 is 2.73 bits per heavy atom. The van der Waals surface area contributed by atoms with Gasteiger partial charge in [-0.05, 0) is 39.2 Å². The van der Waals surface area contributed by atoms with Gasteiger partial charge in [0.2, 0.25) is 17.3 Å². The number of amides is 1. The van der Waals surface area contributed by atoms with Crippen molar-refractivity contribution in [2.45, 2.75) is 6.92 Å². The minimum atomic E-state index is -0.758. The Hall–Kier alpha value is -5.17. The number of methoxy groups -OCH3 is 1. The lowest BCUT2D eigenvalue weighted by molar-refractivity contribution is -0.442. The molecule has 2 aliphatic heterocycles. The van der Waals surface area contributed by atoms with E-state index in [-0.39, 0.29) is 23.2 Å². The molecule has 0 saturated heterocycles. The molecule has 3 aromatic rings. The van der Waals surface area contributed by atoms with Gasteiger partial charge in [-0.25, -0.2) is 18.7 Å². The highest BCUT2D eigenvalue weighted by Crippen LogP contribution is 2.39. The number of carbonyl (C=O) groups excluding carboxylic acids is 1. The summed E-state index contributed by atoms with van der Waals surface area (Å²) in [5.41, 5.74) is 1.14. The van der Waals surface area contributed by atoms with Gasteiger partial charge in [-0.15, -0.1) is 0 Å². The van der Waals surface area contributed by atoms with Gasteiger partial charge >= 0.3 is 0 Å². The number of hydrogen-bond acceptors (Lipinski definition) is 9. The molecule has 3 heterocycles. The maximum atomic E-state index is 15.3. The molecule has 0 radical (unpaired) electrons. The van der Waals surface area contributed by atoms with E-state index in [1.807, 2.05) is 48.0 Å². The van der Waals surface area contributed by atoms with Gasteiger partial charge in [-0.1, -0.05) is 6.08 Å². The van der Waals surface area contributed by atoms with Crippen LogP contribution < -0.4 is 14.8 Å². The number of likely N-dealkylation sites (N-methyl/N-ethyl adjacent to an activating group) is 1. The SMILES string of the molecule is C/C=N\N1C=CC(Oc2cc(F)c(Nc3ncnc4ccc([N+]5=CCN(C(=O)/C=C/CN(C)C)CC5)c(OC)c34)cc2F)=CC1. The number of benzene rings is 2. The highest BCUT2D eigenvalue weighted by Gasteiger charge is 2.27. The van der Waals surface area contributed by atoms with E-state index < -0.39 is 11.6 Å². The van der Waals surface area contributed by atoms with Gasteiger partial charge in [0.25, 0.3) is 0 Å². The zero-order chi connectivity index (χ0) is 31.9. The third-order valence-electron chi connectivity index (χ3n) is 7.08. The molecule has 1 amide bonds.